The number of aliphatic imine (C=N–C) groups is 1. The van der Waals surface area contributed by atoms with Crippen molar-refractivity contribution < 1.29 is 9.47 Å². The van der Waals surface area contributed by atoms with Gasteiger partial charge in [0.2, 0.25) is 0 Å². The third-order valence-electron chi connectivity index (χ3n) is 6.28. The smallest absolute Gasteiger partial charge is 0.293 e. The normalized spacial score (nSPS) is 35.9. The summed E-state index contributed by atoms with van der Waals surface area (Å²) in [5, 5.41) is 20.4. The van der Waals surface area contributed by atoms with Crippen molar-refractivity contribution in [2.24, 2.45) is 27.0 Å². The fraction of sp³-hybridized carbons (Fsp3) is 0.833. The van der Waals surface area contributed by atoms with Crippen molar-refractivity contribution in [1.29, 1.82) is 10.5 Å². The zero-order chi connectivity index (χ0) is 17.5. The predicted molar refractivity (Wildman–Crippen MR) is 88.4 cm³/mol. The molecule has 3 aliphatic rings. The van der Waals surface area contributed by atoms with Gasteiger partial charge in [0.15, 0.2) is 5.41 Å². The quantitative estimate of drug-likeness (QED) is 0.798. The fourth-order valence-electron chi connectivity index (χ4n) is 5.48. The van der Waals surface area contributed by atoms with Crippen molar-refractivity contribution >= 4 is 5.84 Å². The molecule has 1 heterocycles. The maximum atomic E-state index is 10.3. The van der Waals surface area contributed by atoms with Gasteiger partial charge in [-0.3, -0.25) is 0 Å². The average Bonchev–Trinajstić information content (AvgIpc) is 3.01. The molecule has 2 saturated carbocycles. The molecule has 0 aromatic carbocycles. The number of hydrogen-bond donors (Lipinski definition) is 1. The van der Waals surface area contributed by atoms with Crippen LogP contribution in [0.25, 0.3) is 0 Å². The minimum absolute atomic E-state index is 0.217. The molecular formula is C18H26N4O2. The Bertz CT molecular complexity index is 618. The van der Waals surface area contributed by atoms with Gasteiger partial charge in [0.05, 0.1) is 12.1 Å². The second-order valence-corrected chi connectivity index (χ2v) is 7.02. The summed E-state index contributed by atoms with van der Waals surface area (Å²) in [6.45, 7) is 4.38. The van der Waals surface area contributed by atoms with Gasteiger partial charge in [0.1, 0.15) is 11.3 Å². The minimum Gasteiger partial charge on any atom is -0.386 e. The van der Waals surface area contributed by atoms with Gasteiger partial charge in [-0.2, -0.15) is 10.5 Å². The first-order chi connectivity index (χ1) is 11.6. The van der Waals surface area contributed by atoms with Crippen molar-refractivity contribution in [3.8, 4) is 12.1 Å². The lowest BCUT2D eigenvalue weighted by atomic mass is 9.78. The lowest BCUT2D eigenvalue weighted by Crippen LogP contribution is -2.45. The van der Waals surface area contributed by atoms with E-state index in [1.165, 1.54) is 6.42 Å². The zero-order valence-electron chi connectivity index (χ0n) is 14.6. The predicted octanol–water partition coefficient (Wildman–Crippen LogP) is 2.85. The van der Waals surface area contributed by atoms with Crippen LogP contribution in [0.3, 0.4) is 0 Å². The van der Waals surface area contributed by atoms with Gasteiger partial charge >= 0.3 is 0 Å². The summed E-state index contributed by atoms with van der Waals surface area (Å²) in [5.41, 5.74) is 3.53. The molecule has 0 aromatic heterocycles. The molecule has 130 valence electrons. The Morgan fingerprint density at radius 3 is 2.00 bits per heavy atom. The van der Waals surface area contributed by atoms with Crippen molar-refractivity contribution in [2.45, 2.75) is 64.7 Å². The molecule has 0 radical (unpaired) electrons. The van der Waals surface area contributed by atoms with Gasteiger partial charge < -0.3 is 15.2 Å². The van der Waals surface area contributed by atoms with Gasteiger partial charge in [-0.1, -0.05) is 32.1 Å². The maximum Gasteiger partial charge on any atom is 0.293 e. The number of ether oxygens (including phenoxy) is 2. The van der Waals surface area contributed by atoms with E-state index in [4.69, 9.17) is 15.2 Å². The monoisotopic (exact) mass is 330 g/mol. The second-order valence-electron chi connectivity index (χ2n) is 7.02. The molecule has 0 bridgehead atoms. The van der Waals surface area contributed by atoms with E-state index in [0.717, 1.165) is 38.5 Å². The molecule has 2 N–H and O–H groups in total. The van der Waals surface area contributed by atoms with Crippen LogP contribution < -0.4 is 5.73 Å². The Morgan fingerprint density at radius 1 is 1.00 bits per heavy atom. The molecule has 1 spiro atoms. The highest BCUT2D eigenvalue weighted by atomic mass is 16.7. The van der Waals surface area contributed by atoms with Gasteiger partial charge in [-0.05, 0) is 26.7 Å². The highest BCUT2D eigenvalue weighted by molar-refractivity contribution is 6.00. The topological polar surface area (TPSA) is 104 Å². The second kappa shape index (κ2) is 5.72. The summed E-state index contributed by atoms with van der Waals surface area (Å²) in [6.07, 6.45) is 7.04. The third kappa shape index (κ3) is 1.59. The SMILES string of the molecule is CCOC1(OCC)N=C(N)[C@]2(C#N)C3(CCCCCCC3)[C@]12C#N. The molecule has 0 aromatic rings. The van der Waals surface area contributed by atoms with Gasteiger partial charge in [-0.15, -0.1) is 0 Å². The first kappa shape index (κ1) is 17.2. The van der Waals surface area contributed by atoms with Crippen LogP contribution >= 0.6 is 0 Å². The Balaban J connectivity index is 2.18. The number of nitrogens with two attached hydrogens (primary N) is 1. The van der Waals surface area contributed by atoms with E-state index in [9.17, 15) is 10.5 Å². The van der Waals surface area contributed by atoms with E-state index in [0.29, 0.717) is 13.2 Å². The first-order valence-corrected chi connectivity index (χ1v) is 9.04. The van der Waals surface area contributed by atoms with E-state index in [1.54, 1.807) is 0 Å². The lowest BCUT2D eigenvalue weighted by molar-refractivity contribution is -0.261. The number of nitrogens with zero attached hydrogens (tertiary/aromatic N) is 3. The van der Waals surface area contributed by atoms with Gasteiger partial charge in [0, 0.05) is 18.6 Å². The lowest BCUT2D eigenvalue weighted by Gasteiger charge is -2.35. The standard InChI is InChI=1S/C18H26N4O2/c1-3-23-18(24-4-2)17(13-20)15(10-8-6-5-7-9-11-15)16(17,12-19)14(21)22-18/h3-11H2,1-2H3,(H2,21,22)/t16-,17+/m1/s1. The number of amidine groups is 1. The van der Waals surface area contributed by atoms with Crippen LogP contribution in [0.2, 0.25) is 0 Å². The van der Waals surface area contributed by atoms with E-state index >= 15 is 0 Å². The Morgan fingerprint density at radius 2 is 1.54 bits per heavy atom. The first-order valence-electron chi connectivity index (χ1n) is 9.04. The fourth-order valence-corrected chi connectivity index (χ4v) is 5.48. The van der Waals surface area contributed by atoms with Crippen LogP contribution in [0.15, 0.2) is 4.99 Å². The van der Waals surface area contributed by atoms with Crippen LogP contribution in [0.1, 0.15) is 58.8 Å². The summed E-state index contributed by atoms with van der Waals surface area (Å²) in [6, 6.07) is 4.84. The highest BCUT2D eigenvalue weighted by Crippen LogP contribution is 2.88. The summed E-state index contributed by atoms with van der Waals surface area (Å²) >= 11 is 0. The molecule has 0 unspecified atom stereocenters. The molecule has 3 rings (SSSR count). The summed E-state index contributed by atoms with van der Waals surface area (Å²) < 4.78 is 11.8. The molecule has 0 saturated heterocycles. The molecule has 6 heteroatoms. The molecule has 2 fully saturated rings. The molecule has 2 aliphatic carbocycles. The van der Waals surface area contributed by atoms with Gasteiger partial charge in [0.25, 0.3) is 5.91 Å². The Labute approximate surface area is 143 Å². The van der Waals surface area contributed by atoms with E-state index in [2.05, 4.69) is 17.1 Å². The van der Waals surface area contributed by atoms with Gasteiger partial charge in [-0.25, -0.2) is 4.99 Å². The highest BCUT2D eigenvalue weighted by Gasteiger charge is 2.99. The van der Waals surface area contributed by atoms with Crippen LogP contribution in [0, 0.1) is 38.9 Å². The number of rotatable bonds is 4. The molecule has 2 atom stereocenters. The number of nitriles is 2. The molecule has 24 heavy (non-hydrogen) atoms. The Kier molecular flexibility index (Phi) is 4.10. The van der Waals surface area contributed by atoms with Crippen LogP contribution in [0.5, 0.6) is 0 Å². The van der Waals surface area contributed by atoms with Crippen LogP contribution in [0.4, 0.5) is 0 Å². The summed E-state index contributed by atoms with van der Waals surface area (Å²) in [5.74, 6) is -1.24. The van der Waals surface area contributed by atoms with E-state index in [-0.39, 0.29) is 5.84 Å². The zero-order valence-corrected chi connectivity index (χ0v) is 14.6. The summed E-state index contributed by atoms with van der Waals surface area (Å²) in [4.78, 5) is 4.42. The molecule has 1 aliphatic heterocycles. The number of hydrogen-bond acceptors (Lipinski definition) is 6. The minimum atomic E-state index is -1.45. The van der Waals surface area contributed by atoms with Crippen molar-refractivity contribution in [2.75, 3.05) is 13.2 Å². The number of fused-ring (bicyclic) bond motifs is 3. The van der Waals surface area contributed by atoms with Crippen molar-refractivity contribution in [1.82, 2.24) is 0 Å². The largest absolute Gasteiger partial charge is 0.386 e. The summed E-state index contributed by atoms with van der Waals surface area (Å²) in [7, 11) is 0. The van der Waals surface area contributed by atoms with Crippen molar-refractivity contribution in [3.05, 3.63) is 0 Å². The van der Waals surface area contributed by atoms with E-state index in [1.807, 2.05) is 13.8 Å². The van der Waals surface area contributed by atoms with Crippen molar-refractivity contribution in [3.63, 3.8) is 0 Å². The average molecular weight is 330 g/mol. The molecule has 6 nitrogen and oxygen atoms in total. The van der Waals surface area contributed by atoms with Crippen LogP contribution in [-0.4, -0.2) is 25.0 Å². The molecular weight excluding hydrogens is 304 g/mol. The third-order valence-corrected chi connectivity index (χ3v) is 6.28. The van der Waals surface area contributed by atoms with Crippen LogP contribution in [-0.2, 0) is 9.47 Å². The maximum absolute atomic E-state index is 10.3. The Hall–Kier alpha value is -1.63. The van der Waals surface area contributed by atoms with E-state index < -0.39 is 22.2 Å². The molecule has 0 amide bonds.